The van der Waals surface area contributed by atoms with Crippen molar-refractivity contribution in [3.8, 4) is 0 Å². The summed E-state index contributed by atoms with van der Waals surface area (Å²) in [4.78, 5) is 11.3. The van der Waals surface area contributed by atoms with E-state index in [1.807, 2.05) is 5.32 Å². The highest BCUT2D eigenvalue weighted by atomic mass is 79.9. The zero-order valence-electron chi connectivity index (χ0n) is 8.64. The molecule has 0 saturated carbocycles. The Hall–Kier alpha value is -1.08. The molecule has 0 spiro atoms. The van der Waals surface area contributed by atoms with E-state index in [0.29, 0.717) is 5.69 Å². The summed E-state index contributed by atoms with van der Waals surface area (Å²) in [5.74, 6) is -0.521. The van der Waals surface area contributed by atoms with Crippen molar-refractivity contribution in [1.29, 1.82) is 0 Å². The minimum Gasteiger partial charge on any atom is -0.325 e. The number of carbonyl (C=O) groups is 1. The third-order valence-corrected chi connectivity index (χ3v) is 2.21. The highest BCUT2D eigenvalue weighted by Crippen LogP contribution is 2.15. The Labute approximate surface area is 105 Å². The first kappa shape index (κ1) is 14.0. The number of hydrogen-bond donors (Lipinski definition) is 2. The summed E-state index contributed by atoms with van der Waals surface area (Å²) in [7, 11) is 0. The van der Waals surface area contributed by atoms with Crippen molar-refractivity contribution < 1.29 is 18.0 Å². The molecule has 1 rings (SSSR count). The zero-order chi connectivity index (χ0) is 12.9. The van der Waals surface area contributed by atoms with Gasteiger partial charge in [-0.1, -0.05) is 22.0 Å². The van der Waals surface area contributed by atoms with Gasteiger partial charge in [0.05, 0.1) is 13.1 Å². The molecule has 0 unspecified atom stereocenters. The predicted molar refractivity (Wildman–Crippen MR) is 61.7 cm³/mol. The van der Waals surface area contributed by atoms with Gasteiger partial charge in [-0.25, -0.2) is 0 Å². The van der Waals surface area contributed by atoms with Gasteiger partial charge < -0.3 is 10.6 Å². The minimum atomic E-state index is -4.31. The lowest BCUT2D eigenvalue weighted by atomic mass is 10.3. The molecule has 1 aromatic rings. The average molecular weight is 311 g/mol. The van der Waals surface area contributed by atoms with Crippen molar-refractivity contribution in [3.63, 3.8) is 0 Å². The van der Waals surface area contributed by atoms with Gasteiger partial charge in [0.2, 0.25) is 5.91 Å². The van der Waals surface area contributed by atoms with Crippen molar-refractivity contribution >= 4 is 27.5 Å². The number of amides is 1. The van der Waals surface area contributed by atoms with E-state index in [1.54, 1.807) is 24.3 Å². The third-order valence-electron chi connectivity index (χ3n) is 1.72. The Balaban J connectivity index is 2.35. The van der Waals surface area contributed by atoms with E-state index < -0.39 is 18.6 Å². The van der Waals surface area contributed by atoms with Crippen LogP contribution in [0.25, 0.3) is 0 Å². The van der Waals surface area contributed by atoms with E-state index in [0.717, 1.165) is 4.47 Å². The van der Waals surface area contributed by atoms with Gasteiger partial charge in [0.25, 0.3) is 0 Å². The second-order valence-electron chi connectivity index (χ2n) is 3.28. The normalized spacial score (nSPS) is 11.3. The van der Waals surface area contributed by atoms with Crippen molar-refractivity contribution in [3.05, 3.63) is 28.7 Å². The molecule has 0 aliphatic carbocycles. The highest BCUT2D eigenvalue weighted by Gasteiger charge is 2.26. The Morgan fingerprint density at radius 3 is 2.65 bits per heavy atom. The SMILES string of the molecule is O=C(CNCC(F)(F)F)Nc1cccc(Br)c1. The van der Waals surface area contributed by atoms with Gasteiger partial charge in [-0.3, -0.25) is 4.79 Å². The van der Waals surface area contributed by atoms with Gasteiger partial charge in [0.1, 0.15) is 0 Å². The van der Waals surface area contributed by atoms with Gasteiger partial charge in [-0.2, -0.15) is 13.2 Å². The van der Waals surface area contributed by atoms with E-state index in [9.17, 15) is 18.0 Å². The summed E-state index contributed by atoms with van der Waals surface area (Å²) in [6.07, 6.45) is -4.31. The molecular formula is C10H10BrF3N2O. The summed E-state index contributed by atoms with van der Waals surface area (Å²) < 4.78 is 36.1. The van der Waals surface area contributed by atoms with Crippen LogP contribution in [0, 0.1) is 0 Å². The first-order valence-electron chi connectivity index (χ1n) is 4.70. The van der Waals surface area contributed by atoms with Crippen LogP contribution in [0.15, 0.2) is 28.7 Å². The quantitative estimate of drug-likeness (QED) is 0.897. The van der Waals surface area contributed by atoms with Crippen LogP contribution in [0.5, 0.6) is 0 Å². The summed E-state index contributed by atoms with van der Waals surface area (Å²) >= 11 is 3.22. The molecule has 0 bridgehead atoms. The lowest BCUT2D eigenvalue weighted by Crippen LogP contribution is -2.35. The first-order chi connectivity index (χ1) is 7.87. The summed E-state index contributed by atoms with van der Waals surface area (Å²) in [6, 6.07) is 6.79. The molecule has 3 nitrogen and oxygen atoms in total. The third kappa shape index (κ3) is 6.28. The number of rotatable bonds is 4. The van der Waals surface area contributed by atoms with Crippen LogP contribution < -0.4 is 10.6 Å². The first-order valence-corrected chi connectivity index (χ1v) is 5.49. The number of benzene rings is 1. The van der Waals surface area contributed by atoms with Crippen LogP contribution in [-0.2, 0) is 4.79 Å². The molecule has 2 N–H and O–H groups in total. The predicted octanol–water partition coefficient (Wildman–Crippen LogP) is 2.54. The topological polar surface area (TPSA) is 41.1 Å². The maximum Gasteiger partial charge on any atom is 0.401 e. The molecule has 94 valence electrons. The Morgan fingerprint density at radius 2 is 2.06 bits per heavy atom. The molecule has 1 aromatic carbocycles. The van der Waals surface area contributed by atoms with Crippen LogP contribution in [0.4, 0.5) is 18.9 Å². The van der Waals surface area contributed by atoms with Gasteiger partial charge in [-0.15, -0.1) is 0 Å². The fraction of sp³-hybridized carbons (Fsp3) is 0.300. The van der Waals surface area contributed by atoms with Gasteiger partial charge in [-0.05, 0) is 18.2 Å². The van der Waals surface area contributed by atoms with E-state index in [-0.39, 0.29) is 6.54 Å². The average Bonchev–Trinajstić information content (AvgIpc) is 2.15. The number of halogens is 4. The molecular weight excluding hydrogens is 301 g/mol. The Bertz CT molecular complexity index is 395. The standard InChI is InChI=1S/C10H10BrF3N2O/c11-7-2-1-3-8(4-7)16-9(17)5-15-6-10(12,13)14/h1-4,15H,5-6H2,(H,16,17). The van der Waals surface area contributed by atoms with Crippen LogP contribution >= 0.6 is 15.9 Å². The number of carbonyl (C=O) groups excluding carboxylic acids is 1. The molecule has 0 fully saturated rings. The summed E-state index contributed by atoms with van der Waals surface area (Å²) in [5, 5.41) is 4.48. The fourth-order valence-electron chi connectivity index (χ4n) is 1.09. The van der Waals surface area contributed by atoms with Crippen LogP contribution in [0.2, 0.25) is 0 Å². The zero-order valence-corrected chi connectivity index (χ0v) is 10.2. The summed E-state index contributed by atoms with van der Waals surface area (Å²) in [6.45, 7) is -1.56. The monoisotopic (exact) mass is 310 g/mol. The van der Waals surface area contributed by atoms with Crippen molar-refractivity contribution in [2.75, 3.05) is 18.4 Å². The van der Waals surface area contributed by atoms with Crippen molar-refractivity contribution in [2.24, 2.45) is 0 Å². The van der Waals surface area contributed by atoms with Crippen molar-refractivity contribution in [2.45, 2.75) is 6.18 Å². The summed E-state index contributed by atoms with van der Waals surface area (Å²) in [5.41, 5.74) is 0.526. The largest absolute Gasteiger partial charge is 0.401 e. The van der Waals surface area contributed by atoms with E-state index in [1.165, 1.54) is 0 Å². The molecule has 0 aliphatic heterocycles. The van der Waals surface area contributed by atoms with Crippen LogP contribution in [0.3, 0.4) is 0 Å². The lowest BCUT2D eigenvalue weighted by Gasteiger charge is -2.08. The Kier molecular flexibility index (Phi) is 4.95. The van der Waals surface area contributed by atoms with Crippen molar-refractivity contribution in [1.82, 2.24) is 5.32 Å². The molecule has 1 amide bonds. The molecule has 7 heteroatoms. The molecule has 0 saturated heterocycles. The minimum absolute atomic E-state index is 0.383. The molecule has 0 radical (unpaired) electrons. The molecule has 0 atom stereocenters. The molecule has 0 heterocycles. The van der Waals surface area contributed by atoms with E-state index in [2.05, 4.69) is 21.2 Å². The smallest absolute Gasteiger partial charge is 0.325 e. The van der Waals surface area contributed by atoms with Crippen LogP contribution in [0.1, 0.15) is 0 Å². The fourth-order valence-corrected chi connectivity index (χ4v) is 1.49. The Morgan fingerprint density at radius 1 is 1.35 bits per heavy atom. The molecule has 0 aliphatic rings. The maximum atomic E-state index is 11.8. The number of hydrogen-bond acceptors (Lipinski definition) is 2. The van der Waals surface area contributed by atoms with Gasteiger partial charge in [0.15, 0.2) is 0 Å². The number of nitrogens with one attached hydrogen (secondary N) is 2. The van der Waals surface area contributed by atoms with E-state index in [4.69, 9.17) is 0 Å². The second kappa shape index (κ2) is 6.02. The van der Waals surface area contributed by atoms with E-state index >= 15 is 0 Å². The molecule has 0 aromatic heterocycles. The van der Waals surface area contributed by atoms with Gasteiger partial charge in [0, 0.05) is 10.2 Å². The highest BCUT2D eigenvalue weighted by molar-refractivity contribution is 9.10. The van der Waals surface area contributed by atoms with Gasteiger partial charge >= 0.3 is 6.18 Å². The second-order valence-corrected chi connectivity index (χ2v) is 4.19. The number of alkyl halides is 3. The lowest BCUT2D eigenvalue weighted by molar-refractivity contribution is -0.126. The molecule has 17 heavy (non-hydrogen) atoms. The maximum absolute atomic E-state index is 11.8. The van der Waals surface area contributed by atoms with Crippen LogP contribution in [-0.4, -0.2) is 25.2 Å². The number of anilines is 1.